The number of carboxylic acids is 1. The zero-order valence-corrected chi connectivity index (χ0v) is 24.0. The normalized spacial score (nSPS) is 11.7. The number of carbonyl (C=O) groups is 4. The highest BCUT2D eigenvalue weighted by Gasteiger charge is 2.29. The summed E-state index contributed by atoms with van der Waals surface area (Å²) in [7, 11) is 0. The molecular weight excluding hydrogens is 584 g/mol. The minimum absolute atomic E-state index is 0. The quantitative estimate of drug-likeness (QED) is 0.0705. The number of nitrogens with zero attached hydrogens (tertiary/aromatic N) is 1. The van der Waals surface area contributed by atoms with Crippen LogP contribution in [0.5, 0.6) is 0 Å². The molecule has 0 aliphatic heterocycles. The predicted molar refractivity (Wildman–Crippen MR) is 161 cm³/mol. The van der Waals surface area contributed by atoms with E-state index in [4.69, 9.17) is 20.6 Å². The first-order chi connectivity index (χ1) is 20.0. The number of ether oxygens (including phenoxy) is 1. The van der Waals surface area contributed by atoms with Crippen LogP contribution in [0.4, 0.5) is 10.5 Å². The molecule has 3 rings (SSSR count). The molecule has 43 heavy (non-hydrogen) atoms. The lowest BCUT2D eigenvalue weighted by Gasteiger charge is -2.22. The number of nitrogens with one attached hydrogen (secondary N) is 3. The van der Waals surface area contributed by atoms with E-state index in [1.165, 1.54) is 12.1 Å². The van der Waals surface area contributed by atoms with Crippen LogP contribution in [0, 0.1) is 6.92 Å². The number of nitrogens with two attached hydrogens (primary N) is 2. The first-order valence-corrected chi connectivity index (χ1v) is 12.9. The molecule has 3 amide bonds. The number of amides is 3. The lowest BCUT2D eigenvalue weighted by atomic mass is 10.1. The number of benzene rings is 2. The molecule has 3 aromatic rings. The Labute approximate surface area is 252 Å². The van der Waals surface area contributed by atoms with Crippen molar-refractivity contribution in [1.29, 1.82) is 0 Å². The van der Waals surface area contributed by atoms with E-state index in [9.17, 15) is 29.1 Å². The summed E-state index contributed by atoms with van der Waals surface area (Å²) in [5.41, 5.74) is 12.1. The number of rotatable bonds is 13. The third-order valence-electron chi connectivity index (χ3n) is 6.00. The highest BCUT2D eigenvalue weighted by Crippen LogP contribution is 2.21. The monoisotopic (exact) mass is 616 g/mol. The number of aliphatic carboxylic acids is 1. The van der Waals surface area contributed by atoms with Gasteiger partial charge in [-0.15, -0.1) is 12.4 Å². The van der Waals surface area contributed by atoms with E-state index in [0.717, 1.165) is 0 Å². The molecule has 0 radical (unpaired) electrons. The Kier molecular flexibility index (Phi) is 13.0. The standard InChI is InChI=1S/C28H32N6O8.ClH/c1-16-12-24(37)42-22-13-18(9-10-19(16)22)32-25(38)20(8-5-11-31-27(29)30)33-26(39)21(14-23(35)36)34-28(40)41-15-17-6-3-2-4-7-17;/h2-4,6-7,9-10,12-13,20-21H,5,8,11,14-15H2,1H3,(H,32,38)(H,33,39)(H,34,40)(H,35,36)(H4,29,30,31);1H/t20-,21-;/m0./s1. The molecule has 0 aliphatic carbocycles. The zero-order chi connectivity index (χ0) is 30.6. The van der Waals surface area contributed by atoms with Crippen LogP contribution in [0.1, 0.15) is 30.4 Å². The van der Waals surface area contributed by atoms with Gasteiger partial charge in [-0.1, -0.05) is 30.3 Å². The molecule has 0 unspecified atom stereocenters. The number of aliphatic imine (C=N–C) groups is 1. The Morgan fingerprint density at radius 3 is 2.40 bits per heavy atom. The molecule has 0 aliphatic rings. The maximum absolute atomic E-state index is 13.2. The smallest absolute Gasteiger partial charge is 0.408 e. The highest BCUT2D eigenvalue weighted by molar-refractivity contribution is 6.00. The van der Waals surface area contributed by atoms with E-state index >= 15 is 0 Å². The number of alkyl carbamates (subject to hydrolysis) is 1. The van der Waals surface area contributed by atoms with Gasteiger partial charge in [0.1, 0.15) is 24.3 Å². The number of halogens is 1. The lowest BCUT2D eigenvalue weighted by molar-refractivity contribution is -0.140. The van der Waals surface area contributed by atoms with E-state index in [2.05, 4.69) is 20.9 Å². The summed E-state index contributed by atoms with van der Waals surface area (Å²) in [6.07, 6.45) is -1.44. The fourth-order valence-corrected chi connectivity index (χ4v) is 3.97. The summed E-state index contributed by atoms with van der Waals surface area (Å²) in [5, 5.41) is 17.4. The van der Waals surface area contributed by atoms with Crippen molar-refractivity contribution in [2.75, 3.05) is 11.9 Å². The van der Waals surface area contributed by atoms with Gasteiger partial charge in [0.15, 0.2) is 5.96 Å². The SMILES string of the molecule is Cc1cc(=O)oc2cc(NC(=O)[C@H](CCCN=C(N)N)NC(=O)[C@H](CC(=O)O)NC(=O)OCc3ccccc3)ccc12.Cl. The van der Waals surface area contributed by atoms with E-state index in [-0.39, 0.29) is 55.6 Å². The number of hydrogen-bond donors (Lipinski definition) is 6. The van der Waals surface area contributed by atoms with Crippen LogP contribution in [0.3, 0.4) is 0 Å². The van der Waals surface area contributed by atoms with Crippen molar-refractivity contribution in [3.8, 4) is 0 Å². The fraction of sp³-hybridized carbons (Fsp3) is 0.286. The van der Waals surface area contributed by atoms with Crippen LogP contribution in [0.2, 0.25) is 0 Å². The van der Waals surface area contributed by atoms with Crippen molar-refractivity contribution in [3.05, 3.63) is 76.1 Å². The molecule has 230 valence electrons. The van der Waals surface area contributed by atoms with Crippen molar-refractivity contribution >= 4 is 58.9 Å². The molecule has 2 aromatic carbocycles. The number of carboxylic acid groups (broad SMARTS) is 1. The van der Waals surface area contributed by atoms with Crippen LogP contribution in [-0.2, 0) is 25.7 Å². The molecule has 0 saturated carbocycles. The van der Waals surface area contributed by atoms with Gasteiger partial charge in [0.05, 0.1) is 6.42 Å². The molecular formula is C28H33ClN6O8. The van der Waals surface area contributed by atoms with Gasteiger partial charge in [0.2, 0.25) is 11.8 Å². The third kappa shape index (κ3) is 11.0. The van der Waals surface area contributed by atoms with Gasteiger partial charge >= 0.3 is 17.7 Å². The van der Waals surface area contributed by atoms with Gasteiger partial charge in [0, 0.05) is 29.8 Å². The second kappa shape index (κ2) is 16.4. The average Bonchev–Trinajstić information content (AvgIpc) is 2.93. The van der Waals surface area contributed by atoms with Crippen LogP contribution in [-0.4, -0.2) is 53.6 Å². The second-order valence-electron chi connectivity index (χ2n) is 9.32. The maximum Gasteiger partial charge on any atom is 0.408 e. The van der Waals surface area contributed by atoms with Crippen LogP contribution >= 0.6 is 12.4 Å². The summed E-state index contributed by atoms with van der Waals surface area (Å²) in [6, 6.07) is 12.1. The minimum atomic E-state index is -1.54. The number of hydrogen-bond acceptors (Lipinski definition) is 8. The lowest BCUT2D eigenvalue weighted by Crippen LogP contribution is -2.53. The summed E-state index contributed by atoms with van der Waals surface area (Å²) in [5.74, 6) is -3.08. The number of aryl methyl sites for hydroxylation is 1. The second-order valence-corrected chi connectivity index (χ2v) is 9.32. The largest absolute Gasteiger partial charge is 0.481 e. The molecule has 1 aromatic heterocycles. The first kappa shape index (κ1) is 34.1. The number of carbonyl (C=O) groups excluding carboxylic acids is 3. The van der Waals surface area contributed by atoms with Crippen LogP contribution in [0.25, 0.3) is 11.0 Å². The summed E-state index contributed by atoms with van der Waals surface area (Å²) >= 11 is 0. The van der Waals surface area contributed by atoms with Gasteiger partial charge in [-0.3, -0.25) is 19.4 Å². The number of fused-ring (bicyclic) bond motifs is 1. The van der Waals surface area contributed by atoms with Crippen LogP contribution < -0.4 is 33.0 Å². The average molecular weight is 617 g/mol. The summed E-state index contributed by atoms with van der Waals surface area (Å²) < 4.78 is 10.3. The highest BCUT2D eigenvalue weighted by atomic mass is 35.5. The van der Waals surface area contributed by atoms with Gasteiger partial charge < -0.3 is 41.7 Å². The zero-order valence-electron chi connectivity index (χ0n) is 23.2. The topological polar surface area (TPSA) is 228 Å². The fourth-order valence-electron chi connectivity index (χ4n) is 3.97. The molecule has 0 fully saturated rings. The van der Waals surface area contributed by atoms with Crippen molar-refractivity contribution in [1.82, 2.24) is 10.6 Å². The Hall–Kier alpha value is -5.11. The van der Waals surface area contributed by atoms with Crippen molar-refractivity contribution in [2.24, 2.45) is 16.5 Å². The van der Waals surface area contributed by atoms with E-state index in [0.29, 0.717) is 16.5 Å². The predicted octanol–water partition coefficient (Wildman–Crippen LogP) is 1.77. The number of anilines is 1. The molecule has 1 heterocycles. The third-order valence-corrected chi connectivity index (χ3v) is 6.00. The van der Waals surface area contributed by atoms with E-state index < -0.39 is 48.0 Å². The van der Waals surface area contributed by atoms with Crippen molar-refractivity contribution in [3.63, 3.8) is 0 Å². The molecule has 0 saturated heterocycles. The van der Waals surface area contributed by atoms with Gasteiger partial charge in [-0.2, -0.15) is 0 Å². The minimum Gasteiger partial charge on any atom is -0.481 e. The Morgan fingerprint density at radius 2 is 1.72 bits per heavy atom. The van der Waals surface area contributed by atoms with Crippen molar-refractivity contribution < 1.29 is 33.4 Å². The molecule has 2 atom stereocenters. The maximum atomic E-state index is 13.2. The molecule has 15 heteroatoms. The molecule has 8 N–H and O–H groups in total. The Balaban J connectivity index is 0.00000645. The Bertz CT molecular complexity index is 1520. The van der Waals surface area contributed by atoms with Crippen molar-refractivity contribution in [2.45, 2.75) is 44.9 Å². The summed E-state index contributed by atoms with van der Waals surface area (Å²) in [6.45, 7) is 1.80. The first-order valence-electron chi connectivity index (χ1n) is 12.9. The van der Waals surface area contributed by atoms with Crippen LogP contribution in [0.15, 0.2) is 68.8 Å². The van der Waals surface area contributed by atoms with Gasteiger partial charge in [0.25, 0.3) is 0 Å². The molecule has 0 bridgehead atoms. The number of guanidine groups is 1. The molecule has 14 nitrogen and oxygen atoms in total. The molecule has 0 spiro atoms. The summed E-state index contributed by atoms with van der Waals surface area (Å²) in [4.78, 5) is 65.8. The van der Waals surface area contributed by atoms with Gasteiger partial charge in [-0.05, 0) is 43.0 Å². The Morgan fingerprint density at radius 1 is 1.00 bits per heavy atom. The van der Waals surface area contributed by atoms with E-state index in [1.54, 1.807) is 49.4 Å². The van der Waals surface area contributed by atoms with E-state index in [1.807, 2.05) is 0 Å². The van der Waals surface area contributed by atoms with Gasteiger partial charge in [-0.25, -0.2) is 9.59 Å².